The summed E-state index contributed by atoms with van der Waals surface area (Å²) in [6.07, 6.45) is 12.1. The third-order valence-electron chi connectivity index (χ3n) is 7.61. The molecule has 1 aliphatic carbocycles. The lowest BCUT2D eigenvalue weighted by Crippen LogP contribution is -2.32. The molecule has 1 amide bonds. The lowest BCUT2D eigenvalue weighted by molar-refractivity contribution is -0.125. The third kappa shape index (κ3) is 7.35. The first-order valence-corrected chi connectivity index (χ1v) is 14.0. The van der Waals surface area contributed by atoms with Gasteiger partial charge in [0.15, 0.2) is 0 Å². The van der Waals surface area contributed by atoms with Crippen molar-refractivity contribution in [1.82, 2.24) is 14.9 Å². The number of hydrogen-bond donors (Lipinski definition) is 1. The topological polar surface area (TPSA) is 56.1 Å². The summed E-state index contributed by atoms with van der Waals surface area (Å²) in [5.74, 6) is 2.67. The van der Waals surface area contributed by atoms with E-state index in [9.17, 15) is 4.79 Å². The number of rotatable bonds is 13. The van der Waals surface area contributed by atoms with Crippen LogP contribution in [0.25, 0.3) is 11.0 Å². The maximum Gasteiger partial charge on any atom is 0.223 e. The van der Waals surface area contributed by atoms with Crippen LogP contribution in [0.4, 0.5) is 0 Å². The first-order valence-electron chi connectivity index (χ1n) is 14.0. The highest BCUT2D eigenvalue weighted by Gasteiger charge is 2.20. The summed E-state index contributed by atoms with van der Waals surface area (Å²) >= 11 is 0. The van der Waals surface area contributed by atoms with Gasteiger partial charge in [0.2, 0.25) is 5.91 Å². The van der Waals surface area contributed by atoms with Crippen molar-refractivity contribution >= 4 is 16.9 Å². The van der Waals surface area contributed by atoms with E-state index in [1.165, 1.54) is 41.7 Å². The second-order valence-corrected chi connectivity index (χ2v) is 10.4. The van der Waals surface area contributed by atoms with Crippen molar-refractivity contribution in [1.29, 1.82) is 0 Å². The molecule has 1 heterocycles. The van der Waals surface area contributed by atoms with Gasteiger partial charge in [-0.3, -0.25) is 4.79 Å². The quantitative estimate of drug-likeness (QED) is 0.265. The molecule has 0 bridgehead atoms. The zero-order valence-corrected chi connectivity index (χ0v) is 22.2. The van der Waals surface area contributed by atoms with Gasteiger partial charge in [-0.1, -0.05) is 43.9 Å². The fourth-order valence-electron chi connectivity index (χ4n) is 5.24. The van der Waals surface area contributed by atoms with Crippen LogP contribution in [-0.4, -0.2) is 28.6 Å². The van der Waals surface area contributed by atoms with Crippen molar-refractivity contribution in [3.05, 3.63) is 59.4 Å². The van der Waals surface area contributed by atoms with E-state index in [1.807, 2.05) is 0 Å². The summed E-state index contributed by atoms with van der Waals surface area (Å²) in [6.45, 7) is 6.75. The number of unbranched alkanes of at least 4 members (excludes halogenated alkanes) is 3. The first kappa shape index (κ1) is 26.2. The number of para-hydroxylation sites is 2. The van der Waals surface area contributed by atoms with Gasteiger partial charge >= 0.3 is 0 Å². The fraction of sp³-hybridized carbons (Fsp3) is 0.548. The Morgan fingerprint density at radius 3 is 2.64 bits per heavy atom. The van der Waals surface area contributed by atoms with Gasteiger partial charge in [-0.15, -0.1) is 0 Å². The molecule has 0 atom stereocenters. The molecule has 1 saturated carbocycles. The standard InChI is InChI=1S/C31H43N3O2/c1-24-18-19-27(23-25(24)2)36-22-12-11-21-34-29-16-9-8-15-28(29)33-30(34)17-7-4-10-20-32-31(35)26-13-5-3-6-14-26/h8-9,15-16,18-19,23,26H,3-7,10-14,17,20-22H2,1-2H3,(H,32,35). The van der Waals surface area contributed by atoms with E-state index in [2.05, 4.69) is 66.2 Å². The summed E-state index contributed by atoms with van der Waals surface area (Å²) < 4.78 is 8.38. The van der Waals surface area contributed by atoms with Crippen molar-refractivity contribution in [3.8, 4) is 5.75 Å². The number of aryl methyl sites for hydroxylation is 4. The van der Waals surface area contributed by atoms with Crippen LogP contribution >= 0.6 is 0 Å². The molecule has 5 nitrogen and oxygen atoms in total. The highest BCUT2D eigenvalue weighted by atomic mass is 16.5. The second-order valence-electron chi connectivity index (χ2n) is 10.4. The molecule has 0 saturated heterocycles. The second kappa shape index (κ2) is 13.5. The Labute approximate surface area is 216 Å². The Kier molecular flexibility index (Phi) is 9.83. The van der Waals surface area contributed by atoms with Crippen molar-refractivity contribution in [2.45, 2.75) is 91.0 Å². The van der Waals surface area contributed by atoms with Crippen LogP contribution in [0.1, 0.15) is 81.2 Å². The molecule has 0 aliphatic heterocycles. The molecule has 0 spiro atoms. The molecule has 1 aromatic heterocycles. The summed E-state index contributed by atoms with van der Waals surface area (Å²) in [5, 5.41) is 3.17. The maximum atomic E-state index is 12.3. The number of aromatic nitrogens is 2. The molecular formula is C31H43N3O2. The number of fused-ring (bicyclic) bond motifs is 1. The first-order chi connectivity index (χ1) is 17.6. The Hall–Kier alpha value is -2.82. The largest absolute Gasteiger partial charge is 0.494 e. The molecule has 36 heavy (non-hydrogen) atoms. The SMILES string of the molecule is Cc1ccc(OCCCCn2c(CCCCCNC(=O)C3CCCCC3)nc3ccccc32)cc1C. The Morgan fingerprint density at radius 1 is 0.972 bits per heavy atom. The van der Waals surface area contributed by atoms with Gasteiger partial charge in [0, 0.05) is 25.4 Å². The van der Waals surface area contributed by atoms with Crippen LogP contribution in [0.15, 0.2) is 42.5 Å². The minimum Gasteiger partial charge on any atom is -0.494 e. The number of nitrogens with one attached hydrogen (secondary N) is 1. The van der Waals surface area contributed by atoms with Crippen LogP contribution in [0.5, 0.6) is 5.75 Å². The van der Waals surface area contributed by atoms with Gasteiger partial charge in [0.25, 0.3) is 0 Å². The number of carbonyl (C=O) groups is 1. The smallest absolute Gasteiger partial charge is 0.223 e. The minimum absolute atomic E-state index is 0.255. The van der Waals surface area contributed by atoms with Crippen molar-refractivity contribution in [3.63, 3.8) is 0 Å². The summed E-state index contributed by atoms with van der Waals surface area (Å²) in [5.41, 5.74) is 4.88. The number of ether oxygens (including phenoxy) is 1. The van der Waals surface area contributed by atoms with Gasteiger partial charge < -0.3 is 14.6 Å². The monoisotopic (exact) mass is 489 g/mol. The van der Waals surface area contributed by atoms with Gasteiger partial charge in [-0.2, -0.15) is 0 Å². The van der Waals surface area contributed by atoms with E-state index in [0.717, 1.165) is 82.3 Å². The van der Waals surface area contributed by atoms with Crippen molar-refractivity contribution < 1.29 is 9.53 Å². The van der Waals surface area contributed by atoms with Gasteiger partial charge in [-0.05, 0) is 87.8 Å². The lowest BCUT2D eigenvalue weighted by Gasteiger charge is -2.20. The Morgan fingerprint density at radius 2 is 1.81 bits per heavy atom. The fourth-order valence-corrected chi connectivity index (χ4v) is 5.24. The van der Waals surface area contributed by atoms with Gasteiger partial charge in [-0.25, -0.2) is 4.98 Å². The van der Waals surface area contributed by atoms with Gasteiger partial charge in [0.1, 0.15) is 11.6 Å². The van der Waals surface area contributed by atoms with Crippen molar-refractivity contribution in [2.24, 2.45) is 5.92 Å². The Balaban J connectivity index is 1.20. The molecule has 3 aromatic rings. The summed E-state index contributed by atoms with van der Waals surface area (Å²) in [7, 11) is 0. The maximum absolute atomic E-state index is 12.3. The van der Waals surface area contributed by atoms with E-state index in [-0.39, 0.29) is 11.8 Å². The normalized spacial score (nSPS) is 14.3. The Bertz CT molecular complexity index is 1110. The van der Waals surface area contributed by atoms with Crippen LogP contribution in [0, 0.1) is 19.8 Å². The average Bonchev–Trinajstić information content (AvgIpc) is 3.25. The zero-order valence-electron chi connectivity index (χ0n) is 22.2. The summed E-state index contributed by atoms with van der Waals surface area (Å²) in [6, 6.07) is 14.8. The predicted octanol–water partition coefficient (Wildman–Crippen LogP) is 6.92. The molecule has 4 rings (SSSR count). The number of amides is 1. The van der Waals surface area contributed by atoms with Gasteiger partial charge in [0.05, 0.1) is 17.6 Å². The van der Waals surface area contributed by atoms with Crippen LogP contribution in [0.3, 0.4) is 0 Å². The van der Waals surface area contributed by atoms with E-state index >= 15 is 0 Å². The van der Waals surface area contributed by atoms with E-state index in [4.69, 9.17) is 9.72 Å². The molecule has 0 unspecified atom stereocenters. The zero-order chi connectivity index (χ0) is 25.2. The molecule has 0 radical (unpaired) electrons. The predicted molar refractivity (Wildman–Crippen MR) is 148 cm³/mol. The van der Waals surface area contributed by atoms with E-state index in [1.54, 1.807) is 0 Å². The molecule has 5 heteroatoms. The highest BCUT2D eigenvalue weighted by molar-refractivity contribution is 5.78. The average molecular weight is 490 g/mol. The van der Waals surface area contributed by atoms with E-state index in [0.29, 0.717) is 0 Å². The minimum atomic E-state index is 0.255. The number of benzene rings is 2. The summed E-state index contributed by atoms with van der Waals surface area (Å²) in [4.78, 5) is 17.3. The molecular weight excluding hydrogens is 446 g/mol. The van der Waals surface area contributed by atoms with Crippen LogP contribution < -0.4 is 10.1 Å². The molecule has 1 aliphatic rings. The lowest BCUT2D eigenvalue weighted by atomic mass is 9.89. The number of hydrogen-bond acceptors (Lipinski definition) is 3. The third-order valence-corrected chi connectivity index (χ3v) is 7.61. The van der Waals surface area contributed by atoms with Crippen molar-refractivity contribution in [2.75, 3.05) is 13.2 Å². The van der Waals surface area contributed by atoms with Crippen LogP contribution in [0.2, 0.25) is 0 Å². The van der Waals surface area contributed by atoms with Crippen LogP contribution in [-0.2, 0) is 17.8 Å². The van der Waals surface area contributed by atoms with E-state index < -0.39 is 0 Å². The molecule has 1 N–H and O–H groups in total. The number of nitrogens with zero attached hydrogens (tertiary/aromatic N) is 2. The number of carbonyl (C=O) groups excluding carboxylic acids is 1. The molecule has 194 valence electrons. The number of imidazole rings is 1. The molecule has 1 fully saturated rings. The highest BCUT2D eigenvalue weighted by Crippen LogP contribution is 2.24. The molecule has 2 aromatic carbocycles.